The van der Waals surface area contributed by atoms with Crippen LogP contribution in [0, 0.1) is 0 Å². The van der Waals surface area contributed by atoms with Gasteiger partial charge in [0, 0.05) is 11.1 Å². The molecule has 4 rings (SSSR count). The Morgan fingerprint density at radius 3 is 1.82 bits per heavy atom. The number of aliphatic hydroxyl groups excluding tert-OH is 2. The lowest BCUT2D eigenvalue weighted by molar-refractivity contribution is -0.283. The molecule has 0 amide bonds. The molecule has 0 spiro atoms. The smallest absolute Gasteiger partial charge is 0.184 e. The minimum Gasteiger partial charge on any atom is -0.508 e. The maximum Gasteiger partial charge on any atom is 0.184 e. The second-order valence-electron chi connectivity index (χ2n) is 6.85. The average Bonchev–Trinajstić information content (AvgIpc) is 3.19. The number of rotatable bonds is 4. The van der Waals surface area contributed by atoms with E-state index in [4.69, 9.17) is 18.9 Å². The minimum absolute atomic E-state index is 0.0117. The van der Waals surface area contributed by atoms with E-state index >= 15 is 0 Å². The first-order valence-corrected chi connectivity index (χ1v) is 8.99. The Bertz CT molecular complexity index is 778. The molecule has 0 radical (unpaired) electrons. The molecule has 28 heavy (non-hydrogen) atoms. The van der Waals surface area contributed by atoms with E-state index < -0.39 is 37.0 Å². The van der Waals surface area contributed by atoms with Crippen molar-refractivity contribution in [3.63, 3.8) is 0 Å². The number of benzene rings is 2. The molecule has 0 saturated carbocycles. The number of hydrogen-bond donors (Lipinski definition) is 4. The van der Waals surface area contributed by atoms with Gasteiger partial charge in [-0.1, -0.05) is 24.3 Å². The van der Waals surface area contributed by atoms with Gasteiger partial charge in [-0.05, 0) is 24.3 Å². The first kappa shape index (κ1) is 19.1. The van der Waals surface area contributed by atoms with Crippen molar-refractivity contribution in [3.8, 4) is 11.5 Å². The van der Waals surface area contributed by atoms with Crippen LogP contribution in [0.3, 0.4) is 0 Å². The summed E-state index contributed by atoms with van der Waals surface area (Å²) < 4.78 is 22.7. The Hall–Kier alpha value is -2.20. The summed E-state index contributed by atoms with van der Waals surface area (Å²) in [5.74, 6) is 0.255. The van der Waals surface area contributed by atoms with Crippen molar-refractivity contribution >= 4 is 0 Å². The van der Waals surface area contributed by atoms with Gasteiger partial charge in [-0.15, -0.1) is 0 Å². The molecule has 0 aromatic heterocycles. The van der Waals surface area contributed by atoms with Crippen molar-refractivity contribution in [1.29, 1.82) is 0 Å². The van der Waals surface area contributed by atoms with Crippen LogP contribution in [0.15, 0.2) is 48.5 Å². The lowest BCUT2D eigenvalue weighted by Crippen LogP contribution is -2.52. The van der Waals surface area contributed by atoms with Crippen molar-refractivity contribution < 1.29 is 39.4 Å². The zero-order valence-electron chi connectivity index (χ0n) is 14.9. The zero-order valence-corrected chi connectivity index (χ0v) is 14.9. The summed E-state index contributed by atoms with van der Waals surface area (Å²) in [7, 11) is 0. The minimum atomic E-state index is -1.14. The molecule has 2 heterocycles. The molecule has 2 fully saturated rings. The highest BCUT2D eigenvalue weighted by atomic mass is 16.7. The van der Waals surface area contributed by atoms with E-state index in [1.54, 1.807) is 24.3 Å². The van der Waals surface area contributed by atoms with Gasteiger partial charge >= 0.3 is 0 Å². The Balaban J connectivity index is 1.42. The summed E-state index contributed by atoms with van der Waals surface area (Å²) >= 11 is 0. The summed E-state index contributed by atoms with van der Waals surface area (Å²) in [4.78, 5) is 0. The molecular formula is C20H22O8. The van der Waals surface area contributed by atoms with Gasteiger partial charge in [0.1, 0.15) is 35.9 Å². The molecule has 2 aromatic carbocycles. The van der Waals surface area contributed by atoms with Crippen molar-refractivity contribution in [2.45, 2.75) is 37.0 Å². The lowest BCUT2D eigenvalue weighted by atomic mass is 10.0. The van der Waals surface area contributed by atoms with Gasteiger partial charge in [0.2, 0.25) is 0 Å². The Morgan fingerprint density at radius 1 is 0.750 bits per heavy atom. The SMILES string of the molecule is Oc1ccc(C2OC[C@@H](O)[C@H]([C@H](O)[C@@H]3COC(c4ccc(O)cc4)O3)O2)cc1. The van der Waals surface area contributed by atoms with E-state index in [-0.39, 0.29) is 24.7 Å². The van der Waals surface area contributed by atoms with Gasteiger partial charge in [0.25, 0.3) is 0 Å². The van der Waals surface area contributed by atoms with E-state index in [0.717, 1.165) is 0 Å². The van der Waals surface area contributed by atoms with Crippen LogP contribution in [0.1, 0.15) is 23.7 Å². The van der Waals surface area contributed by atoms with Crippen LogP contribution in [0.25, 0.3) is 0 Å². The summed E-state index contributed by atoms with van der Waals surface area (Å²) in [6, 6.07) is 12.7. The molecule has 2 unspecified atom stereocenters. The zero-order chi connectivity index (χ0) is 19.7. The molecule has 8 heteroatoms. The fourth-order valence-electron chi connectivity index (χ4n) is 3.28. The third-order valence-corrected chi connectivity index (χ3v) is 4.84. The normalized spacial score (nSPS) is 31.6. The van der Waals surface area contributed by atoms with E-state index in [1.807, 2.05) is 0 Å². The first-order chi connectivity index (χ1) is 13.5. The fraction of sp³-hybridized carbons (Fsp3) is 0.400. The monoisotopic (exact) mass is 390 g/mol. The van der Waals surface area contributed by atoms with Crippen LogP contribution < -0.4 is 0 Å². The Morgan fingerprint density at radius 2 is 1.25 bits per heavy atom. The topological polar surface area (TPSA) is 118 Å². The maximum absolute atomic E-state index is 10.7. The van der Waals surface area contributed by atoms with Crippen molar-refractivity contribution in [3.05, 3.63) is 59.7 Å². The number of ether oxygens (including phenoxy) is 4. The molecule has 0 bridgehead atoms. The number of phenolic OH excluding ortho intramolecular Hbond substituents is 2. The van der Waals surface area contributed by atoms with Crippen LogP contribution in [0.4, 0.5) is 0 Å². The molecule has 2 aliphatic rings. The third-order valence-electron chi connectivity index (χ3n) is 4.84. The van der Waals surface area contributed by atoms with Crippen LogP contribution in [-0.4, -0.2) is 58.1 Å². The van der Waals surface area contributed by atoms with Gasteiger partial charge in [-0.3, -0.25) is 0 Å². The van der Waals surface area contributed by atoms with E-state index in [0.29, 0.717) is 11.1 Å². The second-order valence-corrected chi connectivity index (χ2v) is 6.85. The Kier molecular flexibility index (Phi) is 5.49. The van der Waals surface area contributed by atoms with Gasteiger partial charge in [-0.2, -0.15) is 0 Å². The van der Waals surface area contributed by atoms with Crippen molar-refractivity contribution in [1.82, 2.24) is 0 Å². The van der Waals surface area contributed by atoms with Crippen molar-refractivity contribution in [2.24, 2.45) is 0 Å². The maximum atomic E-state index is 10.7. The highest BCUT2D eigenvalue weighted by Gasteiger charge is 2.43. The summed E-state index contributed by atoms with van der Waals surface area (Å²) in [5.41, 5.74) is 1.37. The molecule has 2 aromatic rings. The van der Waals surface area contributed by atoms with Gasteiger partial charge < -0.3 is 39.4 Å². The largest absolute Gasteiger partial charge is 0.508 e. The van der Waals surface area contributed by atoms with Crippen LogP contribution in [0.5, 0.6) is 11.5 Å². The van der Waals surface area contributed by atoms with Gasteiger partial charge in [0.15, 0.2) is 12.6 Å². The summed E-state index contributed by atoms with van der Waals surface area (Å²) in [6.07, 6.45) is -5.25. The molecule has 2 aliphatic heterocycles. The van der Waals surface area contributed by atoms with Gasteiger partial charge in [-0.25, -0.2) is 0 Å². The average molecular weight is 390 g/mol. The van der Waals surface area contributed by atoms with Gasteiger partial charge in [0.05, 0.1) is 13.2 Å². The summed E-state index contributed by atoms with van der Waals surface area (Å²) in [5, 5.41) is 39.8. The predicted molar refractivity (Wildman–Crippen MR) is 95.4 cm³/mol. The number of aromatic hydroxyl groups is 2. The molecule has 8 nitrogen and oxygen atoms in total. The van der Waals surface area contributed by atoms with Crippen LogP contribution in [-0.2, 0) is 18.9 Å². The predicted octanol–water partition coefficient (Wildman–Crippen LogP) is 1.35. The Labute approximate surface area is 161 Å². The van der Waals surface area contributed by atoms with E-state index in [2.05, 4.69) is 0 Å². The molecule has 150 valence electrons. The summed E-state index contributed by atoms with van der Waals surface area (Å²) in [6.45, 7) is 0.117. The fourth-order valence-corrected chi connectivity index (χ4v) is 3.28. The standard InChI is InChI=1S/C20H22O8/c21-13-5-1-11(2-6-13)19-26-10-16(27-19)17(24)18-15(23)9-25-20(28-18)12-3-7-14(22)8-4-12/h1-8,15-24H,9-10H2/t15-,16+,17-,18-,19?,20?/m1/s1. The van der Waals surface area contributed by atoms with E-state index in [9.17, 15) is 20.4 Å². The molecule has 0 aliphatic carbocycles. The quantitative estimate of drug-likeness (QED) is 0.618. The van der Waals surface area contributed by atoms with E-state index in [1.165, 1.54) is 24.3 Å². The highest BCUT2D eigenvalue weighted by Crippen LogP contribution is 2.34. The highest BCUT2D eigenvalue weighted by molar-refractivity contribution is 5.27. The lowest BCUT2D eigenvalue weighted by Gasteiger charge is -2.37. The molecule has 2 saturated heterocycles. The van der Waals surface area contributed by atoms with Crippen molar-refractivity contribution in [2.75, 3.05) is 13.2 Å². The van der Waals surface area contributed by atoms with Crippen LogP contribution in [0.2, 0.25) is 0 Å². The molecular weight excluding hydrogens is 368 g/mol. The van der Waals surface area contributed by atoms with Crippen LogP contribution >= 0.6 is 0 Å². The number of phenols is 2. The molecule has 6 atom stereocenters. The third kappa shape index (κ3) is 3.97. The first-order valence-electron chi connectivity index (χ1n) is 8.99. The number of aliphatic hydroxyl groups is 2. The number of hydrogen-bond acceptors (Lipinski definition) is 8. The molecule has 4 N–H and O–H groups in total. The second kappa shape index (κ2) is 8.04.